The Kier molecular flexibility index (Phi) is 4.36. The van der Waals surface area contributed by atoms with Crippen molar-refractivity contribution in [3.8, 4) is 0 Å². The van der Waals surface area contributed by atoms with Gasteiger partial charge < -0.3 is 5.32 Å². The van der Waals surface area contributed by atoms with Crippen molar-refractivity contribution in [2.75, 3.05) is 5.32 Å². The molecule has 0 bridgehead atoms. The summed E-state index contributed by atoms with van der Waals surface area (Å²) in [6.45, 7) is 0. The predicted octanol–water partition coefficient (Wildman–Crippen LogP) is 5.90. The van der Waals surface area contributed by atoms with Crippen LogP contribution < -0.4 is 5.32 Å². The number of nitro benzene ring substituents is 1. The van der Waals surface area contributed by atoms with Gasteiger partial charge in [0.25, 0.3) is 5.69 Å². The SMILES string of the molecule is O=[N+]([O-])c1cccc(C2=CC(c3cc(Br)ccc3F)n3c(nc4ccccc43)N2)c1. The normalized spacial score (nSPS) is 15.4. The summed E-state index contributed by atoms with van der Waals surface area (Å²) in [7, 11) is 0. The number of allylic oxidation sites excluding steroid dienone is 1. The monoisotopic (exact) mass is 464 g/mol. The number of para-hydroxylation sites is 2. The van der Waals surface area contributed by atoms with Gasteiger partial charge in [0.2, 0.25) is 5.95 Å². The molecule has 1 aliphatic rings. The molecule has 148 valence electrons. The highest BCUT2D eigenvalue weighted by molar-refractivity contribution is 9.10. The summed E-state index contributed by atoms with van der Waals surface area (Å²) in [5, 5.41) is 14.5. The molecule has 8 heteroatoms. The summed E-state index contributed by atoms with van der Waals surface area (Å²) in [5.74, 6) is 0.202. The molecule has 0 saturated carbocycles. The Morgan fingerprint density at radius 1 is 1.10 bits per heavy atom. The van der Waals surface area contributed by atoms with E-state index >= 15 is 0 Å². The lowest BCUT2D eigenvalue weighted by Gasteiger charge is -2.27. The van der Waals surface area contributed by atoms with Crippen LogP contribution in [0.1, 0.15) is 17.2 Å². The van der Waals surface area contributed by atoms with Gasteiger partial charge in [-0.25, -0.2) is 9.37 Å². The van der Waals surface area contributed by atoms with Crippen LogP contribution in [0.25, 0.3) is 16.7 Å². The van der Waals surface area contributed by atoms with Crippen LogP contribution in [0.15, 0.2) is 77.3 Å². The average Bonchev–Trinajstić information content (AvgIpc) is 3.13. The van der Waals surface area contributed by atoms with E-state index in [0.717, 1.165) is 15.5 Å². The van der Waals surface area contributed by atoms with Gasteiger partial charge in [-0.15, -0.1) is 0 Å². The zero-order valence-electron chi connectivity index (χ0n) is 15.4. The van der Waals surface area contributed by atoms with E-state index in [1.807, 2.05) is 34.9 Å². The number of rotatable bonds is 3. The first-order chi connectivity index (χ1) is 14.5. The van der Waals surface area contributed by atoms with Crippen LogP contribution in [0.5, 0.6) is 0 Å². The molecule has 3 aromatic carbocycles. The Bertz CT molecular complexity index is 1350. The molecule has 0 aliphatic carbocycles. The van der Waals surface area contributed by atoms with E-state index in [1.54, 1.807) is 24.3 Å². The first-order valence-corrected chi connectivity index (χ1v) is 9.96. The Morgan fingerprint density at radius 2 is 1.93 bits per heavy atom. The number of hydrogen-bond acceptors (Lipinski definition) is 4. The predicted molar refractivity (Wildman–Crippen MR) is 117 cm³/mol. The molecule has 1 unspecified atom stereocenters. The van der Waals surface area contributed by atoms with E-state index < -0.39 is 11.0 Å². The molecule has 1 atom stereocenters. The van der Waals surface area contributed by atoms with Gasteiger partial charge in [0.15, 0.2) is 0 Å². The van der Waals surface area contributed by atoms with Crippen molar-refractivity contribution in [3.05, 3.63) is 104 Å². The highest BCUT2D eigenvalue weighted by Gasteiger charge is 2.27. The van der Waals surface area contributed by atoms with Crippen LogP contribution >= 0.6 is 15.9 Å². The Labute approximate surface area is 179 Å². The van der Waals surface area contributed by atoms with Crippen LogP contribution in [0.3, 0.4) is 0 Å². The third-order valence-electron chi connectivity index (χ3n) is 5.09. The number of hydrogen-bond donors (Lipinski definition) is 1. The first kappa shape index (κ1) is 18.5. The molecule has 0 amide bonds. The number of nitrogens with one attached hydrogen (secondary N) is 1. The molecule has 5 rings (SSSR count). The van der Waals surface area contributed by atoms with Crippen molar-refractivity contribution in [2.24, 2.45) is 0 Å². The highest BCUT2D eigenvalue weighted by Crippen LogP contribution is 2.38. The second-order valence-electron chi connectivity index (χ2n) is 6.92. The lowest BCUT2D eigenvalue weighted by molar-refractivity contribution is -0.384. The molecule has 2 heterocycles. The minimum absolute atomic E-state index is 0.0144. The van der Waals surface area contributed by atoms with E-state index in [1.165, 1.54) is 18.2 Å². The number of nitrogens with zero attached hydrogens (tertiary/aromatic N) is 3. The van der Waals surface area contributed by atoms with E-state index in [0.29, 0.717) is 22.8 Å². The molecule has 0 saturated heterocycles. The molecule has 1 aromatic heterocycles. The lowest BCUT2D eigenvalue weighted by Crippen LogP contribution is -2.20. The zero-order chi connectivity index (χ0) is 20.8. The second kappa shape index (κ2) is 7.07. The van der Waals surface area contributed by atoms with Crippen LogP contribution in [-0.2, 0) is 0 Å². The number of imidazole rings is 1. The minimum Gasteiger partial charge on any atom is -0.325 e. The second-order valence-corrected chi connectivity index (χ2v) is 7.83. The fourth-order valence-electron chi connectivity index (χ4n) is 3.73. The van der Waals surface area contributed by atoms with Gasteiger partial charge >= 0.3 is 0 Å². The molecule has 4 aromatic rings. The van der Waals surface area contributed by atoms with E-state index in [-0.39, 0.29) is 11.5 Å². The maximum atomic E-state index is 14.9. The molecule has 0 radical (unpaired) electrons. The van der Waals surface area contributed by atoms with Crippen LogP contribution in [0.4, 0.5) is 16.0 Å². The lowest BCUT2D eigenvalue weighted by atomic mass is 10.0. The first-order valence-electron chi connectivity index (χ1n) is 9.17. The largest absolute Gasteiger partial charge is 0.325 e. The van der Waals surface area contributed by atoms with Gasteiger partial charge in [-0.05, 0) is 36.4 Å². The molecule has 1 aliphatic heterocycles. The average molecular weight is 465 g/mol. The smallest absolute Gasteiger partial charge is 0.270 e. The fraction of sp³-hybridized carbons (Fsp3) is 0.0455. The van der Waals surface area contributed by atoms with Crippen molar-refractivity contribution in [3.63, 3.8) is 0 Å². The summed E-state index contributed by atoms with van der Waals surface area (Å²) < 4.78 is 17.6. The van der Waals surface area contributed by atoms with Gasteiger partial charge in [-0.1, -0.05) is 40.2 Å². The van der Waals surface area contributed by atoms with Crippen molar-refractivity contribution in [2.45, 2.75) is 6.04 Å². The van der Waals surface area contributed by atoms with Gasteiger partial charge in [-0.2, -0.15) is 0 Å². The zero-order valence-corrected chi connectivity index (χ0v) is 17.0. The number of nitro groups is 1. The third-order valence-corrected chi connectivity index (χ3v) is 5.58. The maximum absolute atomic E-state index is 14.9. The molecule has 1 N–H and O–H groups in total. The van der Waals surface area contributed by atoms with Crippen molar-refractivity contribution in [1.29, 1.82) is 0 Å². The standard InChI is InChI=1S/C22H14BrFN4O2/c23-14-8-9-17(24)16(11-14)21-12-19(13-4-3-5-15(10-13)28(29)30)26-22-25-18-6-1-2-7-20(18)27(21)22/h1-12,21H,(H,25,26). The number of anilines is 1. The van der Waals surface area contributed by atoms with Gasteiger partial charge in [0.05, 0.1) is 22.0 Å². The molecular weight excluding hydrogens is 451 g/mol. The Morgan fingerprint density at radius 3 is 2.77 bits per heavy atom. The van der Waals surface area contributed by atoms with Crippen molar-refractivity contribution < 1.29 is 9.31 Å². The topological polar surface area (TPSA) is 73.0 Å². The third kappa shape index (κ3) is 3.05. The molecular formula is C22H14BrFN4O2. The molecule has 30 heavy (non-hydrogen) atoms. The molecule has 0 fully saturated rings. The summed E-state index contributed by atoms with van der Waals surface area (Å²) >= 11 is 3.43. The van der Waals surface area contributed by atoms with Gasteiger partial charge in [0, 0.05) is 33.4 Å². The number of halogens is 2. The van der Waals surface area contributed by atoms with Crippen molar-refractivity contribution in [1.82, 2.24) is 9.55 Å². The number of fused-ring (bicyclic) bond motifs is 3. The summed E-state index contributed by atoms with van der Waals surface area (Å²) in [6.07, 6.45) is 1.87. The van der Waals surface area contributed by atoms with Crippen LogP contribution in [-0.4, -0.2) is 14.5 Å². The summed E-state index contributed by atoms with van der Waals surface area (Å²) in [4.78, 5) is 15.4. The van der Waals surface area contributed by atoms with Crippen molar-refractivity contribution >= 4 is 44.3 Å². The van der Waals surface area contributed by atoms with Crippen LogP contribution in [0.2, 0.25) is 0 Å². The quantitative estimate of drug-likeness (QED) is 0.302. The molecule has 0 spiro atoms. The van der Waals surface area contributed by atoms with E-state index in [2.05, 4.69) is 26.2 Å². The number of benzene rings is 3. The minimum atomic E-state index is -0.486. The van der Waals surface area contributed by atoms with E-state index in [4.69, 9.17) is 0 Å². The van der Waals surface area contributed by atoms with Crippen LogP contribution in [0, 0.1) is 15.9 Å². The fourth-order valence-corrected chi connectivity index (χ4v) is 4.11. The maximum Gasteiger partial charge on any atom is 0.270 e. The summed E-state index contributed by atoms with van der Waals surface area (Å²) in [5.41, 5.74) is 3.35. The molecule has 6 nitrogen and oxygen atoms in total. The Balaban J connectivity index is 1.74. The van der Waals surface area contributed by atoms with E-state index in [9.17, 15) is 14.5 Å². The van der Waals surface area contributed by atoms with Gasteiger partial charge in [-0.3, -0.25) is 14.7 Å². The highest BCUT2D eigenvalue weighted by atomic mass is 79.9. The summed E-state index contributed by atoms with van der Waals surface area (Å²) in [6, 6.07) is 18.3. The number of aromatic nitrogens is 2. The Hall–Kier alpha value is -3.52. The number of non-ortho nitro benzene ring substituents is 1. The van der Waals surface area contributed by atoms with Gasteiger partial charge in [0.1, 0.15) is 5.82 Å².